The fourth-order valence-electron chi connectivity index (χ4n) is 2.42. The van der Waals surface area contributed by atoms with E-state index in [9.17, 15) is 13.2 Å². The number of nitrogens with two attached hydrogens (primary N) is 1. The summed E-state index contributed by atoms with van der Waals surface area (Å²) in [5.41, 5.74) is 5.27. The molecule has 1 fully saturated rings. The lowest BCUT2D eigenvalue weighted by atomic mass is 9.73. The Morgan fingerprint density at radius 2 is 1.84 bits per heavy atom. The lowest BCUT2D eigenvalue weighted by molar-refractivity contribution is -0.132. The summed E-state index contributed by atoms with van der Waals surface area (Å²) in [5.74, 6) is -0.171. The maximum atomic E-state index is 12.2. The molecule has 0 aromatic rings. The second kappa shape index (κ2) is 6.67. The summed E-state index contributed by atoms with van der Waals surface area (Å²) >= 11 is 0. The third kappa shape index (κ3) is 4.15. The molecule has 7 heteroatoms. The van der Waals surface area contributed by atoms with Crippen LogP contribution in [0.4, 0.5) is 0 Å². The molecule has 0 aromatic heterocycles. The molecule has 6 nitrogen and oxygen atoms in total. The van der Waals surface area contributed by atoms with Crippen molar-refractivity contribution >= 4 is 15.9 Å². The quantitative estimate of drug-likeness (QED) is 0.715. The van der Waals surface area contributed by atoms with E-state index < -0.39 is 15.4 Å². The van der Waals surface area contributed by atoms with Gasteiger partial charge in [-0.3, -0.25) is 4.79 Å². The average molecular weight is 291 g/mol. The van der Waals surface area contributed by atoms with Crippen molar-refractivity contribution in [3.63, 3.8) is 0 Å². The molecule has 0 heterocycles. The van der Waals surface area contributed by atoms with Gasteiger partial charge in [0.25, 0.3) is 0 Å². The fraction of sp³-hybridized carbons (Fsp3) is 0.917. The van der Waals surface area contributed by atoms with Crippen LogP contribution in [0.3, 0.4) is 0 Å². The van der Waals surface area contributed by atoms with Crippen LogP contribution in [0.2, 0.25) is 0 Å². The van der Waals surface area contributed by atoms with E-state index in [1.807, 2.05) is 0 Å². The molecule has 0 spiro atoms. The van der Waals surface area contributed by atoms with Gasteiger partial charge in [0.15, 0.2) is 0 Å². The predicted octanol–water partition coefficient (Wildman–Crippen LogP) is -0.0968. The number of amides is 1. The molecule has 112 valence electrons. The summed E-state index contributed by atoms with van der Waals surface area (Å²) in [4.78, 5) is 12.2. The van der Waals surface area contributed by atoms with Gasteiger partial charge in [0.1, 0.15) is 0 Å². The number of carbonyl (C=O) groups is 1. The van der Waals surface area contributed by atoms with Crippen LogP contribution < -0.4 is 11.1 Å². The highest BCUT2D eigenvalue weighted by Gasteiger charge is 2.37. The van der Waals surface area contributed by atoms with Crippen molar-refractivity contribution in [1.82, 2.24) is 9.62 Å². The summed E-state index contributed by atoms with van der Waals surface area (Å²) in [5, 5.41) is 2.73. The van der Waals surface area contributed by atoms with E-state index in [0.29, 0.717) is 6.54 Å². The minimum atomic E-state index is -3.26. The van der Waals surface area contributed by atoms with Gasteiger partial charge in [0.05, 0.1) is 11.2 Å². The topological polar surface area (TPSA) is 92.5 Å². The number of hydrogen-bond donors (Lipinski definition) is 2. The van der Waals surface area contributed by atoms with Crippen LogP contribution in [-0.2, 0) is 14.8 Å². The molecule has 1 aliphatic rings. The third-order valence-electron chi connectivity index (χ3n) is 3.88. The molecule has 1 rings (SSSR count). The Morgan fingerprint density at radius 1 is 1.26 bits per heavy atom. The van der Waals surface area contributed by atoms with Crippen molar-refractivity contribution in [2.24, 2.45) is 11.1 Å². The maximum Gasteiger partial charge on any atom is 0.227 e. The zero-order valence-electron chi connectivity index (χ0n) is 11.8. The molecule has 0 bridgehead atoms. The number of carbonyl (C=O) groups excluding carboxylic acids is 1. The fourth-order valence-corrected chi connectivity index (χ4v) is 3.14. The SMILES string of the molecule is CN(C)S(=O)(=O)CCNC(=O)C1(CN)CCCCC1. The molecule has 0 unspecified atom stereocenters. The third-order valence-corrected chi connectivity index (χ3v) is 5.72. The lowest BCUT2D eigenvalue weighted by Crippen LogP contribution is -2.48. The minimum Gasteiger partial charge on any atom is -0.355 e. The van der Waals surface area contributed by atoms with Gasteiger partial charge in [-0.2, -0.15) is 0 Å². The minimum absolute atomic E-state index is 0.0770. The largest absolute Gasteiger partial charge is 0.355 e. The van der Waals surface area contributed by atoms with Crippen LogP contribution >= 0.6 is 0 Å². The Kier molecular flexibility index (Phi) is 5.76. The normalized spacial score (nSPS) is 19.4. The Hall–Kier alpha value is -0.660. The smallest absolute Gasteiger partial charge is 0.227 e. The number of nitrogens with zero attached hydrogens (tertiary/aromatic N) is 1. The molecule has 3 N–H and O–H groups in total. The summed E-state index contributed by atoms with van der Waals surface area (Å²) in [6, 6.07) is 0. The molecule has 1 saturated carbocycles. The lowest BCUT2D eigenvalue weighted by Gasteiger charge is -2.34. The summed E-state index contributed by atoms with van der Waals surface area (Å²) in [7, 11) is -0.292. The summed E-state index contributed by atoms with van der Waals surface area (Å²) in [6.45, 7) is 0.473. The van der Waals surface area contributed by atoms with Crippen molar-refractivity contribution in [1.29, 1.82) is 0 Å². The number of hydrogen-bond acceptors (Lipinski definition) is 4. The van der Waals surface area contributed by atoms with Gasteiger partial charge in [-0.05, 0) is 12.8 Å². The Bertz CT molecular complexity index is 400. The van der Waals surface area contributed by atoms with E-state index in [4.69, 9.17) is 5.73 Å². The van der Waals surface area contributed by atoms with Gasteiger partial charge in [-0.25, -0.2) is 12.7 Å². The molecule has 1 aliphatic carbocycles. The predicted molar refractivity (Wildman–Crippen MR) is 75.1 cm³/mol. The first kappa shape index (κ1) is 16.4. The van der Waals surface area contributed by atoms with E-state index in [1.54, 1.807) is 0 Å². The van der Waals surface area contributed by atoms with Crippen LogP contribution in [0.1, 0.15) is 32.1 Å². The highest BCUT2D eigenvalue weighted by molar-refractivity contribution is 7.89. The average Bonchev–Trinajstić information content (AvgIpc) is 2.39. The molecule has 0 aromatic carbocycles. The number of rotatable bonds is 6. The second-order valence-corrected chi connectivity index (χ2v) is 7.70. The molecular formula is C12H25N3O3S. The summed E-state index contributed by atoms with van der Waals surface area (Å²) in [6.07, 6.45) is 4.77. The van der Waals surface area contributed by atoms with Crippen LogP contribution in [0.25, 0.3) is 0 Å². The first-order valence-corrected chi connectivity index (χ1v) is 8.33. The van der Waals surface area contributed by atoms with Crippen LogP contribution in [0.15, 0.2) is 0 Å². The highest BCUT2D eigenvalue weighted by Crippen LogP contribution is 2.35. The van der Waals surface area contributed by atoms with E-state index in [0.717, 1.165) is 32.1 Å². The Balaban J connectivity index is 2.50. The Labute approximate surface area is 115 Å². The molecule has 19 heavy (non-hydrogen) atoms. The first-order valence-electron chi connectivity index (χ1n) is 6.73. The van der Waals surface area contributed by atoms with E-state index >= 15 is 0 Å². The van der Waals surface area contributed by atoms with Gasteiger partial charge < -0.3 is 11.1 Å². The number of nitrogens with one attached hydrogen (secondary N) is 1. The Morgan fingerprint density at radius 3 is 2.32 bits per heavy atom. The van der Waals surface area contributed by atoms with E-state index in [-0.39, 0.29) is 18.2 Å². The van der Waals surface area contributed by atoms with Crippen molar-refractivity contribution < 1.29 is 13.2 Å². The standard InChI is InChI=1S/C12H25N3O3S/c1-15(2)19(17,18)9-8-14-11(16)12(10-13)6-4-3-5-7-12/h3-10,13H2,1-2H3,(H,14,16). The van der Waals surface area contributed by atoms with Gasteiger partial charge in [0, 0.05) is 27.2 Å². The number of sulfonamides is 1. The molecular weight excluding hydrogens is 266 g/mol. The summed E-state index contributed by atoms with van der Waals surface area (Å²) < 4.78 is 24.3. The van der Waals surface area contributed by atoms with Crippen molar-refractivity contribution in [2.45, 2.75) is 32.1 Å². The molecule has 1 amide bonds. The van der Waals surface area contributed by atoms with Crippen molar-refractivity contribution in [2.75, 3.05) is 32.9 Å². The van der Waals surface area contributed by atoms with E-state index in [1.165, 1.54) is 18.4 Å². The zero-order valence-corrected chi connectivity index (χ0v) is 12.6. The molecule has 0 aliphatic heterocycles. The zero-order chi connectivity index (χ0) is 14.5. The van der Waals surface area contributed by atoms with Crippen LogP contribution in [0, 0.1) is 5.41 Å². The second-order valence-electron chi connectivity index (χ2n) is 5.40. The molecule has 0 radical (unpaired) electrons. The van der Waals surface area contributed by atoms with E-state index in [2.05, 4.69) is 5.32 Å². The van der Waals surface area contributed by atoms with Crippen molar-refractivity contribution in [3.05, 3.63) is 0 Å². The van der Waals surface area contributed by atoms with Gasteiger partial charge in [-0.15, -0.1) is 0 Å². The van der Waals surface area contributed by atoms with Gasteiger partial charge >= 0.3 is 0 Å². The highest BCUT2D eigenvalue weighted by atomic mass is 32.2. The van der Waals surface area contributed by atoms with Gasteiger partial charge in [0.2, 0.25) is 15.9 Å². The molecule has 0 atom stereocenters. The van der Waals surface area contributed by atoms with Gasteiger partial charge in [-0.1, -0.05) is 19.3 Å². The monoisotopic (exact) mass is 291 g/mol. The van der Waals surface area contributed by atoms with Crippen molar-refractivity contribution in [3.8, 4) is 0 Å². The van der Waals surface area contributed by atoms with Crippen LogP contribution in [-0.4, -0.2) is 51.6 Å². The molecule has 0 saturated heterocycles. The first-order chi connectivity index (χ1) is 8.84. The maximum absolute atomic E-state index is 12.2. The van der Waals surface area contributed by atoms with Crippen LogP contribution in [0.5, 0.6) is 0 Å².